The summed E-state index contributed by atoms with van der Waals surface area (Å²) in [6, 6.07) is 4.85. The van der Waals surface area contributed by atoms with Gasteiger partial charge < -0.3 is 10.0 Å². The SMILES string of the molecule is [2H]C1([2H])N(CC(C)C(=O)c2ccc(C(=O)O)cc2)C([2H])([2H])C([2H])([2H])C([2H])([2H])C1([2H])[2H]. The van der Waals surface area contributed by atoms with Crippen LogP contribution in [0.4, 0.5) is 0 Å². The van der Waals surface area contributed by atoms with E-state index in [4.69, 9.17) is 18.8 Å². The Morgan fingerprint density at radius 2 is 1.75 bits per heavy atom. The zero-order valence-corrected chi connectivity index (χ0v) is 10.8. The number of piperidine rings is 1. The fourth-order valence-electron chi connectivity index (χ4n) is 1.76. The molecule has 1 atom stereocenters. The van der Waals surface area contributed by atoms with Crippen molar-refractivity contribution < 1.29 is 28.4 Å². The molecular formula is C16H21NO3. The van der Waals surface area contributed by atoms with Gasteiger partial charge in [0.1, 0.15) is 0 Å². The minimum Gasteiger partial charge on any atom is -0.478 e. The number of hydrogen-bond donors (Lipinski definition) is 1. The van der Waals surface area contributed by atoms with E-state index in [2.05, 4.69) is 0 Å². The monoisotopic (exact) mass is 285 g/mol. The van der Waals surface area contributed by atoms with E-state index in [9.17, 15) is 9.59 Å². The Labute approximate surface area is 133 Å². The molecule has 20 heavy (non-hydrogen) atoms. The first-order chi connectivity index (χ1) is 13.3. The van der Waals surface area contributed by atoms with E-state index in [1.54, 1.807) is 0 Å². The summed E-state index contributed by atoms with van der Waals surface area (Å²) >= 11 is 0. The normalized spacial score (nSPS) is 37.6. The van der Waals surface area contributed by atoms with Crippen molar-refractivity contribution in [3.05, 3.63) is 35.4 Å². The number of rotatable bonds is 5. The minimum absolute atomic E-state index is 0.0620. The quantitative estimate of drug-likeness (QED) is 0.845. The lowest BCUT2D eigenvalue weighted by atomic mass is 9.97. The lowest BCUT2D eigenvalue weighted by Crippen LogP contribution is -2.35. The van der Waals surface area contributed by atoms with Crippen molar-refractivity contribution in [3.8, 4) is 0 Å². The topological polar surface area (TPSA) is 57.6 Å². The van der Waals surface area contributed by atoms with Gasteiger partial charge in [0.15, 0.2) is 5.78 Å². The first kappa shape index (κ1) is 6.39. The molecule has 0 aromatic heterocycles. The van der Waals surface area contributed by atoms with E-state index in [1.807, 2.05) is 0 Å². The lowest BCUT2D eigenvalue weighted by molar-refractivity contribution is 0.0696. The van der Waals surface area contributed by atoms with E-state index in [1.165, 1.54) is 31.2 Å². The van der Waals surface area contributed by atoms with Crippen molar-refractivity contribution in [2.24, 2.45) is 5.92 Å². The maximum absolute atomic E-state index is 12.7. The molecule has 108 valence electrons. The number of carboxylic acid groups (broad SMARTS) is 1. The molecule has 1 unspecified atom stereocenters. The Kier molecular flexibility index (Phi) is 2.13. The van der Waals surface area contributed by atoms with Gasteiger partial charge in [-0.15, -0.1) is 0 Å². The van der Waals surface area contributed by atoms with Crippen molar-refractivity contribution in [2.45, 2.75) is 26.0 Å². The summed E-state index contributed by atoms with van der Waals surface area (Å²) in [6.07, 6.45) is -10.4. The van der Waals surface area contributed by atoms with Gasteiger partial charge in [-0.1, -0.05) is 25.4 Å². The highest BCUT2D eigenvalue weighted by molar-refractivity contribution is 5.98. The van der Waals surface area contributed by atoms with Crippen molar-refractivity contribution in [2.75, 3.05) is 19.5 Å². The highest BCUT2D eigenvalue weighted by Gasteiger charge is 2.20. The van der Waals surface area contributed by atoms with Crippen LogP contribution in [0.1, 0.15) is 60.5 Å². The number of likely N-dealkylation sites (tertiary alicyclic amines) is 1. The van der Waals surface area contributed by atoms with Crippen LogP contribution in [0.2, 0.25) is 0 Å². The molecule has 1 aliphatic heterocycles. The molecule has 4 nitrogen and oxygen atoms in total. The molecule has 0 amide bonds. The number of carboxylic acids is 1. The van der Waals surface area contributed by atoms with E-state index in [-0.39, 0.29) is 16.0 Å². The molecule has 1 aromatic carbocycles. The molecule has 1 heterocycles. The summed E-state index contributed by atoms with van der Waals surface area (Å²) in [5.74, 6) is -2.95. The van der Waals surface area contributed by atoms with Gasteiger partial charge >= 0.3 is 5.97 Å². The number of ketones is 1. The number of aromatic carboxylic acids is 1. The highest BCUT2D eigenvalue weighted by atomic mass is 16.4. The molecule has 0 saturated carbocycles. The molecular weight excluding hydrogens is 254 g/mol. The molecule has 1 aliphatic rings. The van der Waals surface area contributed by atoms with Gasteiger partial charge in [-0.05, 0) is 37.9 Å². The van der Waals surface area contributed by atoms with E-state index < -0.39 is 56.3 Å². The van der Waals surface area contributed by atoms with Crippen LogP contribution in [0.25, 0.3) is 0 Å². The summed E-state index contributed by atoms with van der Waals surface area (Å²) < 4.78 is 79.5. The summed E-state index contributed by atoms with van der Waals surface area (Å²) in [7, 11) is 0. The molecule has 2 rings (SSSR count). The van der Waals surface area contributed by atoms with Gasteiger partial charge in [0.25, 0.3) is 0 Å². The van der Waals surface area contributed by atoms with Crippen molar-refractivity contribution in [3.63, 3.8) is 0 Å². The predicted octanol–water partition coefficient (Wildman–Crippen LogP) is 2.69. The number of hydrogen-bond acceptors (Lipinski definition) is 3. The first-order valence-electron chi connectivity index (χ1n) is 11.0. The summed E-state index contributed by atoms with van der Waals surface area (Å²) in [5.41, 5.74) is -0.00138. The molecule has 1 N–H and O–H groups in total. The summed E-state index contributed by atoms with van der Waals surface area (Å²) in [6.45, 7) is -6.00. The van der Waals surface area contributed by atoms with Crippen LogP contribution in [0, 0.1) is 5.92 Å². The molecule has 1 saturated heterocycles. The molecule has 1 aromatic rings. The van der Waals surface area contributed by atoms with Gasteiger partial charge in [0.05, 0.1) is 5.56 Å². The Morgan fingerprint density at radius 1 is 1.20 bits per heavy atom. The zero-order chi connectivity index (χ0) is 23.5. The zero-order valence-electron chi connectivity index (χ0n) is 20.8. The van der Waals surface area contributed by atoms with Crippen molar-refractivity contribution in [1.29, 1.82) is 0 Å². The van der Waals surface area contributed by atoms with Gasteiger partial charge in [-0.25, -0.2) is 4.79 Å². The third-order valence-corrected chi connectivity index (χ3v) is 2.83. The number of carbonyl (C=O) groups excluding carboxylic acids is 1. The summed E-state index contributed by atoms with van der Waals surface area (Å²) in [4.78, 5) is 23.8. The second-order valence-electron chi connectivity index (χ2n) is 4.36. The Bertz CT molecular complexity index is 823. The third-order valence-electron chi connectivity index (χ3n) is 2.83. The second kappa shape index (κ2) is 6.66. The predicted molar refractivity (Wildman–Crippen MR) is 77.2 cm³/mol. The van der Waals surface area contributed by atoms with Crippen LogP contribution in [0.15, 0.2) is 24.3 Å². The maximum atomic E-state index is 12.7. The minimum atomic E-state index is -3.51. The molecule has 4 heteroatoms. The highest BCUT2D eigenvalue weighted by Crippen LogP contribution is 2.15. The lowest BCUT2D eigenvalue weighted by Gasteiger charge is -2.28. The fraction of sp³-hybridized carbons (Fsp3) is 0.500. The van der Waals surface area contributed by atoms with Gasteiger partial charge in [0.2, 0.25) is 0 Å². The number of benzene rings is 1. The van der Waals surface area contributed by atoms with E-state index in [0.29, 0.717) is 0 Å². The van der Waals surface area contributed by atoms with Crippen molar-refractivity contribution in [1.82, 2.24) is 4.90 Å². The van der Waals surface area contributed by atoms with Crippen LogP contribution in [-0.2, 0) is 0 Å². The molecule has 1 fully saturated rings. The van der Waals surface area contributed by atoms with Crippen LogP contribution in [0.5, 0.6) is 0 Å². The Balaban J connectivity index is 2.41. The standard InChI is InChI=1S/C16H21NO3/c1-12(11-17-9-3-2-4-10-17)15(18)13-5-7-14(8-6-13)16(19)20/h5-8,12H,2-4,9-11H2,1H3,(H,19,20)/i2D2,3D2,4D2,9D2,10D2. The molecule has 0 radical (unpaired) electrons. The van der Waals surface area contributed by atoms with Gasteiger partial charge in [0, 0.05) is 31.7 Å². The number of carbonyl (C=O) groups is 2. The largest absolute Gasteiger partial charge is 0.478 e. The molecule has 0 spiro atoms. The summed E-state index contributed by atoms with van der Waals surface area (Å²) in [5, 5.41) is 8.92. The fourth-order valence-corrected chi connectivity index (χ4v) is 1.76. The van der Waals surface area contributed by atoms with Gasteiger partial charge in [-0.3, -0.25) is 4.79 Å². The first-order valence-corrected chi connectivity index (χ1v) is 5.99. The second-order valence-corrected chi connectivity index (χ2v) is 4.36. The van der Waals surface area contributed by atoms with E-state index in [0.717, 1.165) is 0 Å². The van der Waals surface area contributed by atoms with E-state index >= 15 is 0 Å². The average molecular weight is 285 g/mol. The third kappa shape index (κ3) is 3.67. The molecule has 0 aliphatic carbocycles. The average Bonchev–Trinajstić information content (AvgIpc) is 2.63. The maximum Gasteiger partial charge on any atom is 0.335 e. The molecule has 0 bridgehead atoms. The van der Waals surface area contributed by atoms with Crippen molar-refractivity contribution >= 4 is 11.8 Å². The number of Topliss-reactive ketones (excluding diaryl/α,β-unsaturated/α-hetero) is 1. The van der Waals surface area contributed by atoms with Crippen LogP contribution in [0.3, 0.4) is 0 Å². The van der Waals surface area contributed by atoms with Gasteiger partial charge in [-0.2, -0.15) is 0 Å². The van der Waals surface area contributed by atoms with Crippen LogP contribution >= 0.6 is 0 Å². The Hall–Kier alpha value is -1.68. The number of nitrogens with zero attached hydrogens (tertiary/aromatic N) is 1. The van der Waals surface area contributed by atoms with Crippen LogP contribution in [-0.4, -0.2) is 41.3 Å². The Morgan fingerprint density at radius 3 is 2.30 bits per heavy atom. The van der Waals surface area contributed by atoms with Crippen LogP contribution < -0.4 is 0 Å². The smallest absolute Gasteiger partial charge is 0.335 e.